The first-order chi connectivity index (χ1) is 11.5. The fourth-order valence-electron chi connectivity index (χ4n) is 2.79. The van der Waals surface area contributed by atoms with Crippen LogP contribution in [0.25, 0.3) is 16.6 Å². The number of rotatable bonds is 2. The number of nitrogens with one attached hydrogen (secondary N) is 1. The number of para-hydroxylation sites is 1. The van der Waals surface area contributed by atoms with Crippen LogP contribution in [0, 0.1) is 5.82 Å². The van der Waals surface area contributed by atoms with Crippen molar-refractivity contribution in [1.82, 2.24) is 19.2 Å². The molecular formula is C16H13FN6O. The topological polar surface area (TPSA) is 90.2 Å². The van der Waals surface area contributed by atoms with E-state index in [-0.39, 0.29) is 17.0 Å². The third-order valence-electron chi connectivity index (χ3n) is 3.84. The summed E-state index contributed by atoms with van der Waals surface area (Å²) in [7, 11) is 1.89. The van der Waals surface area contributed by atoms with Crippen LogP contribution in [0.4, 0.5) is 15.9 Å². The van der Waals surface area contributed by atoms with Crippen molar-refractivity contribution in [3.05, 3.63) is 54.2 Å². The molecule has 0 aliphatic rings. The zero-order chi connectivity index (χ0) is 16.8. The fraction of sp³-hybridized carbons (Fsp3) is 0.0625. The lowest BCUT2D eigenvalue weighted by Crippen LogP contribution is -2.14. The lowest BCUT2D eigenvalue weighted by atomic mass is 10.2. The summed E-state index contributed by atoms with van der Waals surface area (Å²) in [5, 5.41) is 7.77. The summed E-state index contributed by atoms with van der Waals surface area (Å²) in [6.45, 7) is 0. The first kappa shape index (κ1) is 14.2. The predicted octanol–water partition coefficient (Wildman–Crippen LogP) is 2.19. The van der Waals surface area contributed by atoms with E-state index >= 15 is 0 Å². The monoisotopic (exact) mass is 324 g/mol. The highest BCUT2D eigenvalue weighted by Gasteiger charge is 2.20. The van der Waals surface area contributed by atoms with E-state index in [1.54, 1.807) is 6.07 Å². The molecule has 3 N–H and O–H groups in total. The molecule has 0 fully saturated rings. The molecule has 1 aromatic carbocycles. The van der Waals surface area contributed by atoms with Crippen LogP contribution in [-0.4, -0.2) is 25.1 Å². The van der Waals surface area contributed by atoms with Gasteiger partial charge in [-0.2, -0.15) is 0 Å². The van der Waals surface area contributed by atoms with Crippen LogP contribution in [0.2, 0.25) is 0 Å². The summed E-state index contributed by atoms with van der Waals surface area (Å²) in [6, 6.07) is 7.57. The molecule has 7 nitrogen and oxygen atoms in total. The third kappa shape index (κ3) is 2.08. The second kappa shape index (κ2) is 5.05. The van der Waals surface area contributed by atoms with Crippen LogP contribution in [0.5, 0.6) is 0 Å². The van der Waals surface area contributed by atoms with Crippen LogP contribution in [-0.2, 0) is 7.05 Å². The molecular weight excluding hydrogens is 311 g/mol. The molecule has 0 bridgehead atoms. The van der Waals surface area contributed by atoms with E-state index in [9.17, 15) is 9.18 Å². The number of carbonyl (C=O) groups is 1. The van der Waals surface area contributed by atoms with Crippen LogP contribution >= 0.6 is 0 Å². The second-order valence-electron chi connectivity index (χ2n) is 5.42. The molecule has 0 radical (unpaired) electrons. The van der Waals surface area contributed by atoms with Crippen molar-refractivity contribution in [3.63, 3.8) is 0 Å². The van der Waals surface area contributed by atoms with Gasteiger partial charge in [0.2, 0.25) is 0 Å². The molecule has 0 unspecified atom stereocenters. The molecule has 120 valence electrons. The highest BCUT2D eigenvalue weighted by atomic mass is 19.1. The maximum atomic E-state index is 13.2. The normalized spacial score (nSPS) is 11.2. The quantitative estimate of drug-likeness (QED) is 0.591. The van der Waals surface area contributed by atoms with Gasteiger partial charge in [0, 0.05) is 18.6 Å². The molecule has 0 spiro atoms. The highest BCUT2D eigenvalue weighted by molar-refractivity contribution is 6.14. The average Bonchev–Trinajstić information content (AvgIpc) is 3.07. The van der Waals surface area contributed by atoms with Gasteiger partial charge in [0.1, 0.15) is 5.56 Å². The zero-order valence-electron chi connectivity index (χ0n) is 12.7. The maximum Gasteiger partial charge on any atom is 0.263 e. The van der Waals surface area contributed by atoms with E-state index in [2.05, 4.69) is 15.4 Å². The van der Waals surface area contributed by atoms with E-state index in [4.69, 9.17) is 5.73 Å². The Hall–Kier alpha value is -3.42. The van der Waals surface area contributed by atoms with Gasteiger partial charge in [-0.15, -0.1) is 5.10 Å². The first-order valence-corrected chi connectivity index (χ1v) is 7.19. The molecule has 0 aliphatic carbocycles. The Kier molecular flexibility index (Phi) is 2.99. The van der Waals surface area contributed by atoms with Gasteiger partial charge in [-0.25, -0.2) is 13.9 Å². The number of hydrogen-bond acceptors (Lipinski definition) is 4. The number of hydrogen-bond donors (Lipinski definition) is 2. The van der Waals surface area contributed by atoms with E-state index in [0.717, 1.165) is 27.8 Å². The highest BCUT2D eigenvalue weighted by Crippen LogP contribution is 2.25. The Bertz CT molecular complexity index is 1100. The van der Waals surface area contributed by atoms with Gasteiger partial charge in [-0.1, -0.05) is 12.1 Å². The Labute approximate surface area is 135 Å². The number of fused-ring (bicyclic) bond motifs is 2. The molecule has 0 atom stereocenters. The lowest BCUT2D eigenvalue weighted by molar-refractivity contribution is 0.102. The molecule has 24 heavy (non-hydrogen) atoms. The van der Waals surface area contributed by atoms with Crippen molar-refractivity contribution in [3.8, 4) is 0 Å². The number of nitrogens with zero attached hydrogens (tertiary/aromatic N) is 4. The standard InChI is InChI=1S/C16H13FN6O/c1-22-6-5-9-3-2-4-11(13(9)22)20-16(24)12-14(18)21-23-8-10(17)7-19-15(12)23/h2-8H,1H3,(H2,18,21)(H,20,24). The van der Waals surface area contributed by atoms with Crippen molar-refractivity contribution in [2.24, 2.45) is 7.05 Å². The number of carbonyl (C=O) groups excluding carboxylic acids is 1. The summed E-state index contributed by atoms with van der Waals surface area (Å²) < 4.78 is 16.3. The average molecular weight is 324 g/mol. The van der Waals surface area contributed by atoms with Gasteiger partial charge >= 0.3 is 0 Å². The van der Waals surface area contributed by atoms with Gasteiger partial charge in [0.15, 0.2) is 17.3 Å². The number of nitrogen functional groups attached to an aromatic ring is 1. The molecule has 0 aliphatic heterocycles. The number of halogens is 1. The molecule has 4 aromatic rings. The van der Waals surface area contributed by atoms with Crippen LogP contribution in [0.1, 0.15) is 10.4 Å². The minimum atomic E-state index is -0.564. The Balaban J connectivity index is 1.79. The molecule has 3 aromatic heterocycles. The summed E-state index contributed by atoms with van der Waals surface area (Å²) in [5.74, 6) is -1.02. The number of aromatic nitrogens is 4. The molecule has 8 heteroatoms. The minimum absolute atomic E-state index is 0.00958. The van der Waals surface area contributed by atoms with Crippen LogP contribution in [0.15, 0.2) is 42.9 Å². The lowest BCUT2D eigenvalue weighted by Gasteiger charge is -2.08. The van der Waals surface area contributed by atoms with E-state index in [1.807, 2.05) is 36.0 Å². The van der Waals surface area contributed by atoms with E-state index in [0.29, 0.717) is 5.69 Å². The van der Waals surface area contributed by atoms with Crippen molar-refractivity contribution >= 4 is 34.0 Å². The van der Waals surface area contributed by atoms with Crippen molar-refractivity contribution in [1.29, 1.82) is 0 Å². The molecule has 4 rings (SSSR count). The summed E-state index contributed by atoms with van der Waals surface area (Å²) in [6.07, 6.45) is 4.05. The predicted molar refractivity (Wildman–Crippen MR) is 88.2 cm³/mol. The van der Waals surface area contributed by atoms with Gasteiger partial charge in [-0.3, -0.25) is 4.79 Å². The van der Waals surface area contributed by atoms with Crippen LogP contribution in [0.3, 0.4) is 0 Å². The third-order valence-corrected chi connectivity index (χ3v) is 3.84. The Morgan fingerprint density at radius 3 is 3.00 bits per heavy atom. The van der Waals surface area contributed by atoms with Crippen molar-refractivity contribution in [2.75, 3.05) is 11.1 Å². The molecule has 0 saturated carbocycles. The Morgan fingerprint density at radius 2 is 2.17 bits per heavy atom. The van der Waals surface area contributed by atoms with Gasteiger partial charge < -0.3 is 15.6 Å². The zero-order valence-corrected chi connectivity index (χ0v) is 12.7. The smallest absolute Gasteiger partial charge is 0.263 e. The SMILES string of the molecule is Cn1ccc2cccc(NC(=O)c3c(N)nn4cc(F)cnc34)c21. The van der Waals surface area contributed by atoms with Crippen LogP contribution < -0.4 is 11.1 Å². The number of benzene rings is 1. The van der Waals surface area contributed by atoms with E-state index < -0.39 is 11.7 Å². The number of aryl methyl sites for hydroxylation is 1. The number of anilines is 2. The van der Waals surface area contributed by atoms with Gasteiger partial charge in [-0.05, 0) is 12.1 Å². The summed E-state index contributed by atoms with van der Waals surface area (Å²) in [4.78, 5) is 16.6. The number of amides is 1. The maximum absolute atomic E-state index is 13.2. The minimum Gasteiger partial charge on any atom is -0.381 e. The van der Waals surface area contributed by atoms with Crippen molar-refractivity contribution in [2.45, 2.75) is 0 Å². The van der Waals surface area contributed by atoms with Gasteiger partial charge in [0.05, 0.1) is 23.6 Å². The Morgan fingerprint density at radius 1 is 1.33 bits per heavy atom. The number of nitrogens with two attached hydrogens (primary N) is 1. The largest absolute Gasteiger partial charge is 0.381 e. The summed E-state index contributed by atoms with van der Waals surface area (Å²) in [5.41, 5.74) is 7.66. The molecule has 3 heterocycles. The summed E-state index contributed by atoms with van der Waals surface area (Å²) >= 11 is 0. The fourth-order valence-corrected chi connectivity index (χ4v) is 2.79. The molecule has 0 saturated heterocycles. The van der Waals surface area contributed by atoms with Gasteiger partial charge in [0.25, 0.3) is 5.91 Å². The molecule has 1 amide bonds. The van der Waals surface area contributed by atoms with Crippen molar-refractivity contribution < 1.29 is 9.18 Å². The van der Waals surface area contributed by atoms with E-state index in [1.165, 1.54) is 0 Å². The first-order valence-electron chi connectivity index (χ1n) is 7.19. The second-order valence-corrected chi connectivity index (χ2v) is 5.42.